The van der Waals surface area contributed by atoms with Crippen molar-refractivity contribution in [2.45, 2.75) is 13.0 Å². The number of aliphatic hydroxyl groups excluding tert-OH is 1. The average molecular weight is 218 g/mol. The highest BCUT2D eigenvalue weighted by atomic mass is 32.2. The molecule has 1 aliphatic rings. The Morgan fingerprint density at radius 3 is 3.00 bits per heavy atom. The van der Waals surface area contributed by atoms with Gasteiger partial charge >= 0.3 is 0 Å². The van der Waals surface area contributed by atoms with Crippen LogP contribution in [0.1, 0.15) is 6.92 Å². The van der Waals surface area contributed by atoms with Gasteiger partial charge in [-0.05, 0) is 6.92 Å². The van der Waals surface area contributed by atoms with E-state index in [0.717, 1.165) is 0 Å². The maximum Gasteiger partial charge on any atom is 0.239 e. The van der Waals surface area contributed by atoms with Crippen molar-refractivity contribution >= 4 is 23.6 Å². The standard InChI is InChI=1S/C8H14N2O3S/c1-6(11)2-9-7(12)3-10-5-14-4-8(10)13/h6,11H,2-5H2,1H3,(H,9,12)/t6-/m1/s1. The third-order valence-electron chi connectivity index (χ3n) is 1.75. The summed E-state index contributed by atoms with van der Waals surface area (Å²) in [6.45, 7) is 1.92. The minimum Gasteiger partial charge on any atom is -0.392 e. The van der Waals surface area contributed by atoms with E-state index in [1.165, 1.54) is 16.7 Å². The minimum atomic E-state index is -0.553. The van der Waals surface area contributed by atoms with E-state index < -0.39 is 6.10 Å². The summed E-state index contributed by atoms with van der Waals surface area (Å²) in [6.07, 6.45) is -0.553. The second-order valence-electron chi connectivity index (χ2n) is 3.22. The zero-order valence-corrected chi connectivity index (χ0v) is 8.84. The van der Waals surface area contributed by atoms with E-state index in [0.29, 0.717) is 11.6 Å². The second-order valence-corrected chi connectivity index (χ2v) is 4.18. The van der Waals surface area contributed by atoms with Gasteiger partial charge in [-0.3, -0.25) is 9.59 Å². The van der Waals surface area contributed by atoms with Gasteiger partial charge in [0.2, 0.25) is 11.8 Å². The van der Waals surface area contributed by atoms with E-state index in [1.807, 2.05) is 0 Å². The number of amides is 2. The van der Waals surface area contributed by atoms with Crippen LogP contribution in [0.25, 0.3) is 0 Å². The van der Waals surface area contributed by atoms with Crippen molar-refractivity contribution < 1.29 is 14.7 Å². The van der Waals surface area contributed by atoms with Gasteiger partial charge in [-0.1, -0.05) is 0 Å². The van der Waals surface area contributed by atoms with Crippen molar-refractivity contribution in [3.63, 3.8) is 0 Å². The predicted octanol–water partition coefficient (Wildman–Crippen LogP) is -0.984. The number of carbonyl (C=O) groups is 2. The first-order valence-electron chi connectivity index (χ1n) is 4.40. The van der Waals surface area contributed by atoms with Crippen LogP contribution in [-0.4, -0.2) is 52.6 Å². The molecule has 1 rings (SSSR count). The summed E-state index contributed by atoms with van der Waals surface area (Å²) < 4.78 is 0. The molecule has 6 heteroatoms. The molecule has 0 aromatic carbocycles. The van der Waals surface area contributed by atoms with Gasteiger partial charge in [0, 0.05) is 6.54 Å². The SMILES string of the molecule is C[C@@H](O)CNC(=O)CN1CSCC1=O. The van der Waals surface area contributed by atoms with Crippen molar-refractivity contribution in [1.82, 2.24) is 10.2 Å². The zero-order chi connectivity index (χ0) is 10.6. The molecule has 1 aliphatic heterocycles. The Balaban J connectivity index is 2.23. The van der Waals surface area contributed by atoms with Gasteiger partial charge in [0.1, 0.15) is 6.54 Å². The van der Waals surface area contributed by atoms with E-state index in [-0.39, 0.29) is 24.9 Å². The lowest BCUT2D eigenvalue weighted by atomic mass is 10.4. The molecule has 0 spiro atoms. The van der Waals surface area contributed by atoms with E-state index in [2.05, 4.69) is 5.32 Å². The van der Waals surface area contributed by atoms with E-state index in [4.69, 9.17) is 5.11 Å². The molecule has 0 aliphatic carbocycles. The van der Waals surface area contributed by atoms with Gasteiger partial charge in [-0.15, -0.1) is 11.8 Å². The molecule has 0 aromatic heterocycles. The van der Waals surface area contributed by atoms with Crippen LogP contribution in [0.3, 0.4) is 0 Å². The fourth-order valence-corrected chi connectivity index (χ4v) is 1.94. The topological polar surface area (TPSA) is 69.6 Å². The van der Waals surface area contributed by atoms with E-state index >= 15 is 0 Å². The third-order valence-corrected chi connectivity index (χ3v) is 2.70. The number of aliphatic hydroxyl groups is 1. The Bertz CT molecular complexity index is 233. The Morgan fingerprint density at radius 1 is 1.79 bits per heavy atom. The highest BCUT2D eigenvalue weighted by molar-refractivity contribution is 8.00. The third kappa shape index (κ3) is 3.55. The minimum absolute atomic E-state index is 0.00203. The highest BCUT2D eigenvalue weighted by Gasteiger charge is 2.22. The number of nitrogens with one attached hydrogen (secondary N) is 1. The average Bonchev–Trinajstić information content (AvgIpc) is 2.49. The van der Waals surface area contributed by atoms with E-state index in [1.54, 1.807) is 6.92 Å². The molecular formula is C8H14N2O3S. The summed E-state index contributed by atoms with van der Waals surface area (Å²) in [6, 6.07) is 0. The molecule has 1 atom stereocenters. The molecule has 5 nitrogen and oxygen atoms in total. The molecule has 2 N–H and O–H groups in total. The number of carbonyl (C=O) groups excluding carboxylic acids is 2. The lowest BCUT2D eigenvalue weighted by molar-refractivity contribution is -0.132. The van der Waals surface area contributed by atoms with Gasteiger partial charge in [0.25, 0.3) is 0 Å². The molecule has 0 aromatic rings. The molecule has 1 heterocycles. The van der Waals surface area contributed by atoms with Crippen LogP contribution in [0, 0.1) is 0 Å². The fourth-order valence-electron chi connectivity index (χ4n) is 1.03. The largest absolute Gasteiger partial charge is 0.392 e. The van der Waals surface area contributed by atoms with Gasteiger partial charge in [-0.25, -0.2) is 0 Å². The van der Waals surface area contributed by atoms with E-state index in [9.17, 15) is 9.59 Å². The number of hydrogen-bond acceptors (Lipinski definition) is 4. The Morgan fingerprint density at radius 2 is 2.50 bits per heavy atom. The molecule has 0 bridgehead atoms. The first-order chi connectivity index (χ1) is 6.59. The molecule has 1 saturated heterocycles. The van der Waals surface area contributed by atoms with Crippen molar-refractivity contribution in [3.8, 4) is 0 Å². The fraction of sp³-hybridized carbons (Fsp3) is 0.750. The normalized spacial score (nSPS) is 18.4. The first-order valence-corrected chi connectivity index (χ1v) is 5.55. The number of thioether (sulfide) groups is 1. The summed E-state index contributed by atoms with van der Waals surface area (Å²) in [5, 5.41) is 11.5. The number of nitrogens with zero attached hydrogens (tertiary/aromatic N) is 1. The van der Waals surface area contributed by atoms with Crippen LogP contribution < -0.4 is 5.32 Å². The van der Waals surface area contributed by atoms with Crippen molar-refractivity contribution in [1.29, 1.82) is 0 Å². The van der Waals surface area contributed by atoms with Gasteiger partial charge in [0.05, 0.1) is 17.7 Å². The molecule has 80 valence electrons. The van der Waals surface area contributed by atoms with Gasteiger partial charge in [-0.2, -0.15) is 0 Å². The lowest BCUT2D eigenvalue weighted by Gasteiger charge is -2.14. The van der Waals surface area contributed by atoms with Crippen LogP contribution in [0.2, 0.25) is 0 Å². The van der Waals surface area contributed by atoms with Crippen molar-refractivity contribution in [3.05, 3.63) is 0 Å². The number of hydrogen-bond donors (Lipinski definition) is 2. The van der Waals surface area contributed by atoms with Crippen LogP contribution in [0.15, 0.2) is 0 Å². The molecule has 14 heavy (non-hydrogen) atoms. The molecule has 2 amide bonds. The van der Waals surface area contributed by atoms with Crippen molar-refractivity contribution in [2.24, 2.45) is 0 Å². The summed E-state index contributed by atoms with van der Waals surface area (Å²) in [4.78, 5) is 23.8. The molecule has 0 radical (unpaired) electrons. The summed E-state index contributed by atoms with van der Waals surface area (Å²) in [5.74, 6) is 0.828. The highest BCUT2D eigenvalue weighted by Crippen LogP contribution is 2.13. The maximum absolute atomic E-state index is 11.2. The van der Waals surface area contributed by atoms with Crippen LogP contribution in [-0.2, 0) is 9.59 Å². The quantitative estimate of drug-likeness (QED) is 0.636. The lowest BCUT2D eigenvalue weighted by Crippen LogP contribution is -2.40. The Labute approximate surface area is 86.8 Å². The number of rotatable bonds is 4. The Kier molecular flexibility index (Phi) is 4.21. The predicted molar refractivity (Wildman–Crippen MR) is 53.7 cm³/mol. The van der Waals surface area contributed by atoms with Crippen molar-refractivity contribution in [2.75, 3.05) is 24.7 Å². The van der Waals surface area contributed by atoms with Crippen LogP contribution in [0.5, 0.6) is 0 Å². The molecular weight excluding hydrogens is 204 g/mol. The zero-order valence-electron chi connectivity index (χ0n) is 8.02. The van der Waals surface area contributed by atoms with Gasteiger partial charge < -0.3 is 15.3 Å². The molecule has 0 saturated carbocycles. The van der Waals surface area contributed by atoms with Crippen LogP contribution in [0.4, 0.5) is 0 Å². The molecule has 0 unspecified atom stereocenters. The smallest absolute Gasteiger partial charge is 0.239 e. The Hall–Kier alpha value is -0.750. The summed E-state index contributed by atoms with van der Waals surface area (Å²) in [7, 11) is 0. The molecule has 1 fully saturated rings. The second kappa shape index (κ2) is 5.21. The monoisotopic (exact) mass is 218 g/mol. The summed E-state index contributed by atoms with van der Waals surface area (Å²) in [5.41, 5.74) is 0. The van der Waals surface area contributed by atoms with Gasteiger partial charge in [0.15, 0.2) is 0 Å². The summed E-state index contributed by atoms with van der Waals surface area (Å²) >= 11 is 1.50. The first kappa shape index (κ1) is 11.3. The maximum atomic E-state index is 11.2. The van der Waals surface area contributed by atoms with Crippen LogP contribution >= 0.6 is 11.8 Å².